The molecular weight excluding hydrogens is 278 g/mol. The molecule has 1 aromatic rings. The Morgan fingerprint density at radius 3 is 2.14 bits per heavy atom. The average molecular weight is 301 g/mol. The van der Waals surface area contributed by atoms with Gasteiger partial charge in [0.1, 0.15) is 0 Å². The first-order valence-corrected chi connectivity index (χ1v) is 7.22. The van der Waals surface area contributed by atoms with Gasteiger partial charge in [0.15, 0.2) is 0 Å². The number of carboxylic acids is 1. The smallest absolute Gasteiger partial charge is 0.333 e. The first kappa shape index (κ1) is 17.7. The largest absolute Gasteiger partial charge is 0.478 e. The molecule has 0 spiro atoms. The van der Waals surface area contributed by atoms with Gasteiger partial charge in [0.25, 0.3) is 5.91 Å². The number of rotatable bonds is 5. The number of hydrogen-bond donors (Lipinski definition) is 1. The number of hydrogen-bond acceptors (Lipinski definition) is 2. The van der Waals surface area contributed by atoms with E-state index in [1.165, 1.54) is 11.0 Å². The third kappa shape index (κ3) is 3.85. The summed E-state index contributed by atoms with van der Waals surface area (Å²) in [6.45, 7) is 10.9. The number of benzene rings is 1. The van der Waals surface area contributed by atoms with E-state index in [2.05, 4.69) is 6.58 Å². The van der Waals surface area contributed by atoms with E-state index in [1.54, 1.807) is 6.92 Å². The van der Waals surface area contributed by atoms with E-state index >= 15 is 0 Å². The lowest BCUT2D eigenvalue weighted by atomic mass is 9.97. The third-order valence-corrected chi connectivity index (χ3v) is 3.23. The number of amides is 1. The lowest BCUT2D eigenvalue weighted by molar-refractivity contribution is -0.132. The zero-order valence-electron chi connectivity index (χ0n) is 13.6. The van der Waals surface area contributed by atoms with Gasteiger partial charge in [-0.2, -0.15) is 0 Å². The first-order valence-electron chi connectivity index (χ1n) is 7.22. The van der Waals surface area contributed by atoms with Crippen LogP contribution in [0, 0.1) is 0 Å². The summed E-state index contributed by atoms with van der Waals surface area (Å²) in [5.74, 6) is -1.34. The fourth-order valence-corrected chi connectivity index (χ4v) is 2.32. The molecule has 0 aliphatic heterocycles. The molecule has 1 N–H and O–H groups in total. The summed E-state index contributed by atoms with van der Waals surface area (Å²) in [5.41, 5.74) is 0.753. The Labute approximate surface area is 131 Å². The van der Waals surface area contributed by atoms with Gasteiger partial charge in [-0.25, -0.2) is 4.79 Å². The number of carbonyl (C=O) groups excluding carboxylic acids is 1. The van der Waals surface area contributed by atoms with Crippen molar-refractivity contribution in [3.05, 3.63) is 54.1 Å². The Kier molecular flexibility index (Phi) is 5.69. The van der Waals surface area contributed by atoms with Crippen LogP contribution < -0.4 is 0 Å². The molecule has 1 rings (SSSR count). The Bertz CT molecular complexity index is 595. The Hall–Kier alpha value is -2.36. The maximum atomic E-state index is 12.4. The Morgan fingerprint density at radius 1 is 1.23 bits per heavy atom. The second-order valence-corrected chi connectivity index (χ2v) is 5.90. The highest BCUT2D eigenvalue weighted by Gasteiger charge is 2.32. The molecule has 4 heteroatoms. The van der Waals surface area contributed by atoms with Crippen molar-refractivity contribution in [1.29, 1.82) is 0 Å². The minimum atomic E-state index is -1.02. The van der Waals surface area contributed by atoms with Crippen molar-refractivity contribution in [3.8, 4) is 0 Å². The van der Waals surface area contributed by atoms with Crippen LogP contribution in [0.5, 0.6) is 0 Å². The molecule has 0 heterocycles. The molecule has 0 aliphatic carbocycles. The van der Waals surface area contributed by atoms with Crippen molar-refractivity contribution in [2.45, 2.75) is 39.7 Å². The van der Waals surface area contributed by atoms with Crippen LogP contribution >= 0.6 is 0 Å². The van der Waals surface area contributed by atoms with Crippen LogP contribution in [-0.4, -0.2) is 27.4 Å². The number of carbonyl (C=O) groups is 2. The van der Waals surface area contributed by atoms with Gasteiger partial charge < -0.3 is 10.0 Å². The van der Waals surface area contributed by atoms with Crippen molar-refractivity contribution >= 4 is 17.6 Å². The van der Waals surface area contributed by atoms with E-state index in [0.717, 1.165) is 0 Å². The minimum Gasteiger partial charge on any atom is -0.478 e. The van der Waals surface area contributed by atoms with Gasteiger partial charge >= 0.3 is 5.97 Å². The summed E-state index contributed by atoms with van der Waals surface area (Å²) in [7, 11) is 0. The predicted octanol–water partition coefficient (Wildman–Crippen LogP) is 3.71. The Morgan fingerprint density at radius 2 is 1.77 bits per heavy atom. The van der Waals surface area contributed by atoms with Crippen LogP contribution in [-0.2, 0) is 9.59 Å². The third-order valence-electron chi connectivity index (χ3n) is 3.23. The average Bonchev–Trinajstić information content (AvgIpc) is 2.45. The monoisotopic (exact) mass is 301 g/mol. The van der Waals surface area contributed by atoms with Crippen LogP contribution in [0.25, 0.3) is 5.70 Å². The number of aliphatic carboxylic acids is 1. The number of nitrogens with zero attached hydrogens (tertiary/aromatic N) is 1. The normalized spacial score (nSPS) is 12.4. The number of carboxylic acid groups (broad SMARTS) is 1. The zero-order chi connectivity index (χ0) is 16.9. The fourth-order valence-electron chi connectivity index (χ4n) is 2.32. The van der Waals surface area contributed by atoms with E-state index in [9.17, 15) is 14.7 Å². The van der Waals surface area contributed by atoms with Crippen LogP contribution in [0.3, 0.4) is 0 Å². The van der Waals surface area contributed by atoms with Crippen LogP contribution in [0.4, 0.5) is 0 Å². The molecular formula is C18H23NO3. The highest BCUT2D eigenvalue weighted by atomic mass is 16.4. The van der Waals surface area contributed by atoms with Gasteiger partial charge in [-0.3, -0.25) is 4.79 Å². The molecule has 0 fully saturated rings. The summed E-state index contributed by atoms with van der Waals surface area (Å²) in [5, 5.41) is 9.55. The highest BCUT2D eigenvalue weighted by Crippen LogP contribution is 2.31. The maximum Gasteiger partial charge on any atom is 0.333 e. The van der Waals surface area contributed by atoms with E-state index in [0.29, 0.717) is 17.7 Å². The minimum absolute atomic E-state index is 0.205. The van der Waals surface area contributed by atoms with Gasteiger partial charge in [-0.1, -0.05) is 43.8 Å². The van der Waals surface area contributed by atoms with Gasteiger partial charge in [0, 0.05) is 5.54 Å². The molecule has 0 bridgehead atoms. The summed E-state index contributed by atoms with van der Waals surface area (Å²) in [6.07, 6.45) is 1.53. The second kappa shape index (κ2) is 7.07. The maximum absolute atomic E-state index is 12.4. The lowest BCUT2D eigenvalue weighted by Crippen LogP contribution is -2.44. The topological polar surface area (TPSA) is 57.6 Å². The van der Waals surface area contributed by atoms with Crippen molar-refractivity contribution in [2.75, 3.05) is 0 Å². The molecule has 1 aromatic carbocycles. The van der Waals surface area contributed by atoms with E-state index in [1.807, 2.05) is 51.1 Å². The Balaban J connectivity index is 3.72. The van der Waals surface area contributed by atoms with Gasteiger partial charge in [0.05, 0.1) is 11.3 Å². The molecule has 0 aliphatic rings. The summed E-state index contributed by atoms with van der Waals surface area (Å²) in [6, 6.07) is 9.11. The predicted molar refractivity (Wildman–Crippen MR) is 88.1 cm³/mol. The molecule has 0 unspecified atom stereocenters. The molecule has 0 radical (unpaired) electrons. The van der Waals surface area contributed by atoms with Crippen molar-refractivity contribution in [2.24, 2.45) is 0 Å². The highest BCUT2D eigenvalue weighted by molar-refractivity contribution is 6.02. The van der Waals surface area contributed by atoms with Crippen molar-refractivity contribution in [3.63, 3.8) is 0 Å². The van der Waals surface area contributed by atoms with E-state index < -0.39 is 11.5 Å². The van der Waals surface area contributed by atoms with Crippen LogP contribution in [0.15, 0.2) is 48.6 Å². The molecule has 0 atom stereocenters. The molecule has 0 aromatic heterocycles. The van der Waals surface area contributed by atoms with Gasteiger partial charge in [-0.15, -0.1) is 0 Å². The van der Waals surface area contributed by atoms with Crippen molar-refractivity contribution < 1.29 is 14.7 Å². The fraction of sp³-hybridized carbons (Fsp3) is 0.333. The van der Waals surface area contributed by atoms with Gasteiger partial charge in [0.2, 0.25) is 0 Å². The SMILES string of the molecule is C=CC(=O)N(C(=C(CC)C(=O)O)c1ccccc1)C(C)(C)C. The summed E-state index contributed by atoms with van der Waals surface area (Å²) >= 11 is 0. The van der Waals surface area contributed by atoms with E-state index in [-0.39, 0.29) is 11.5 Å². The quantitative estimate of drug-likeness (QED) is 0.844. The van der Waals surface area contributed by atoms with Crippen LogP contribution in [0.2, 0.25) is 0 Å². The van der Waals surface area contributed by atoms with Crippen molar-refractivity contribution in [1.82, 2.24) is 4.90 Å². The molecule has 118 valence electrons. The molecule has 1 amide bonds. The standard InChI is InChI=1S/C18H23NO3/c1-6-14(17(21)22)16(13-11-9-8-10-12-13)19(15(20)7-2)18(3,4)5/h7-12H,2,6H2,1,3-5H3,(H,21,22). The first-order chi connectivity index (χ1) is 10.2. The molecule has 22 heavy (non-hydrogen) atoms. The molecule has 0 saturated heterocycles. The lowest BCUT2D eigenvalue weighted by Gasteiger charge is -2.38. The zero-order valence-corrected chi connectivity index (χ0v) is 13.6. The summed E-state index contributed by atoms with van der Waals surface area (Å²) in [4.78, 5) is 25.6. The second-order valence-electron chi connectivity index (χ2n) is 5.90. The summed E-state index contributed by atoms with van der Waals surface area (Å²) < 4.78 is 0. The van der Waals surface area contributed by atoms with Crippen LogP contribution in [0.1, 0.15) is 39.7 Å². The van der Waals surface area contributed by atoms with E-state index in [4.69, 9.17) is 0 Å². The molecule has 0 saturated carbocycles. The van der Waals surface area contributed by atoms with Gasteiger partial charge in [-0.05, 0) is 38.8 Å². The molecule has 4 nitrogen and oxygen atoms in total.